The van der Waals surface area contributed by atoms with E-state index in [9.17, 15) is 36.2 Å². The second kappa shape index (κ2) is 13.8. The fraction of sp³-hybridized carbons (Fsp3) is 0.567. The van der Waals surface area contributed by atoms with Crippen LogP contribution in [0.4, 0.5) is 26.3 Å². The van der Waals surface area contributed by atoms with Crippen molar-refractivity contribution in [1.82, 2.24) is 14.7 Å². The molecule has 2 aromatic rings. The number of methoxy groups -OCH3 is 1. The van der Waals surface area contributed by atoms with Crippen LogP contribution in [0, 0.1) is 6.92 Å². The number of piperazine rings is 1. The number of alkyl halides is 6. The first kappa shape index (κ1) is 33.0. The molecule has 2 aliphatic rings. The van der Waals surface area contributed by atoms with E-state index in [4.69, 9.17) is 9.47 Å². The van der Waals surface area contributed by atoms with Crippen molar-refractivity contribution in [2.75, 3.05) is 66.1 Å². The number of hydrogen-bond acceptors (Lipinski definition) is 6. The Bertz CT molecular complexity index is 1220. The number of rotatable bonds is 9. The maximum Gasteiger partial charge on any atom is 0.416 e. The molecule has 2 aromatic carbocycles. The van der Waals surface area contributed by atoms with Gasteiger partial charge in [-0.05, 0) is 68.2 Å². The van der Waals surface area contributed by atoms with Crippen LogP contribution in [0.1, 0.15) is 39.0 Å². The first-order valence-electron chi connectivity index (χ1n) is 14.2. The van der Waals surface area contributed by atoms with Crippen molar-refractivity contribution >= 4 is 5.91 Å². The van der Waals surface area contributed by atoms with Gasteiger partial charge < -0.3 is 19.5 Å². The van der Waals surface area contributed by atoms with Gasteiger partial charge in [-0.3, -0.25) is 14.6 Å². The number of carbonyl (C=O) groups is 1. The van der Waals surface area contributed by atoms with E-state index < -0.39 is 41.0 Å². The summed E-state index contributed by atoms with van der Waals surface area (Å²) in [4.78, 5) is 19.4. The van der Waals surface area contributed by atoms with Gasteiger partial charge in [0.25, 0.3) is 5.91 Å². The number of nitrogens with zero attached hydrogens (tertiary/aromatic N) is 3. The summed E-state index contributed by atoms with van der Waals surface area (Å²) in [6.45, 7) is 6.87. The topological polar surface area (TPSA) is 65.5 Å². The predicted octanol–water partition coefficient (Wildman–Crippen LogP) is 4.84. The zero-order valence-corrected chi connectivity index (χ0v) is 24.2. The molecule has 0 spiro atoms. The van der Waals surface area contributed by atoms with Crippen LogP contribution < -0.4 is 0 Å². The number of halogens is 6. The zero-order valence-electron chi connectivity index (χ0n) is 24.2. The van der Waals surface area contributed by atoms with E-state index in [0.717, 1.165) is 26.1 Å². The standard InChI is InChI=1S/C30H37F6N3O4/c1-20-4-5-21(13-27(20)40)12-25-17-37(6-3-7-38-10-11-43-26(18-38)19-42-2)8-9-39(25)28(41)22-14-23(29(31,32)33)16-24(15-22)30(34,35)36/h4-5,13-16,25-26,40H,3,6-12,17-19H2,1-2H3/t25-,26+/m1/s1. The van der Waals surface area contributed by atoms with E-state index in [1.165, 1.54) is 4.90 Å². The number of phenolic OH excluding ortho intramolecular Hbond substituents is 1. The van der Waals surface area contributed by atoms with Gasteiger partial charge >= 0.3 is 12.4 Å². The van der Waals surface area contributed by atoms with Crippen molar-refractivity contribution in [3.05, 3.63) is 64.2 Å². The summed E-state index contributed by atoms with van der Waals surface area (Å²) in [7, 11) is 1.63. The largest absolute Gasteiger partial charge is 0.508 e. The summed E-state index contributed by atoms with van der Waals surface area (Å²) in [5.41, 5.74) is -2.36. The molecule has 43 heavy (non-hydrogen) atoms. The second-order valence-corrected chi connectivity index (χ2v) is 11.2. The molecule has 0 radical (unpaired) electrons. The lowest BCUT2D eigenvalue weighted by molar-refractivity contribution is -0.143. The molecular weight excluding hydrogens is 580 g/mol. The van der Waals surface area contributed by atoms with Crippen LogP contribution in [-0.2, 0) is 28.2 Å². The molecule has 0 aliphatic carbocycles. The van der Waals surface area contributed by atoms with Crippen molar-refractivity contribution in [1.29, 1.82) is 0 Å². The fourth-order valence-corrected chi connectivity index (χ4v) is 5.65. The molecule has 2 aliphatic heterocycles. The van der Waals surface area contributed by atoms with Gasteiger partial charge in [0.2, 0.25) is 0 Å². The van der Waals surface area contributed by atoms with Crippen molar-refractivity contribution in [3.63, 3.8) is 0 Å². The first-order chi connectivity index (χ1) is 20.2. The number of phenols is 1. The highest BCUT2D eigenvalue weighted by atomic mass is 19.4. The van der Waals surface area contributed by atoms with Crippen LogP contribution in [0.5, 0.6) is 5.75 Å². The summed E-state index contributed by atoms with van der Waals surface area (Å²) in [6, 6.07) is 5.53. The normalized spacial score (nSPS) is 20.9. The molecule has 238 valence electrons. The molecule has 4 rings (SSSR count). The lowest BCUT2D eigenvalue weighted by atomic mass is 9.98. The summed E-state index contributed by atoms with van der Waals surface area (Å²) in [5.74, 6) is -0.830. The molecule has 2 fully saturated rings. The molecule has 1 amide bonds. The maximum absolute atomic E-state index is 13.6. The Morgan fingerprint density at radius 2 is 1.60 bits per heavy atom. The SMILES string of the molecule is COC[C@@H]1CN(CCCN2CCN(C(=O)c3cc(C(F)(F)F)cc(C(F)(F)F)c3)[C@H](Cc3ccc(C)c(O)c3)C2)CCO1. The van der Waals surface area contributed by atoms with Crippen LogP contribution in [0.15, 0.2) is 36.4 Å². The Morgan fingerprint density at radius 1 is 0.953 bits per heavy atom. The second-order valence-electron chi connectivity index (χ2n) is 11.2. The number of aromatic hydroxyl groups is 1. The quantitative estimate of drug-likeness (QED) is 0.407. The van der Waals surface area contributed by atoms with Crippen molar-refractivity contribution < 1.29 is 45.7 Å². The molecule has 13 heteroatoms. The van der Waals surface area contributed by atoms with Gasteiger partial charge in [-0.15, -0.1) is 0 Å². The molecule has 0 saturated carbocycles. The third-order valence-electron chi connectivity index (χ3n) is 7.93. The Balaban J connectivity index is 1.52. The molecule has 2 saturated heterocycles. The molecule has 0 unspecified atom stereocenters. The predicted molar refractivity (Wildman–Crippen MR) is 147 cm³/mol. The fourth-order valence-electron chi connectivity index (χ4n) is 5.65. The lowest BCUT2D eigenvalue weighted by Crippen LogP contribution is -2.56. The number of morpholine rings is 1. The summed E-state index contributed by atoms with van der Waals surface area (Å²) in [6.07, 6.45) is -9.01. The number of carbonyl (C=O) groups excluding carboxylic acids is 1. The van der Waals surface area contributed by atoms with E-state index in [2.05, 4.69) is 9.80 Å². The monoisotopic (exact) mass is 617 g/mol. The first-order valence-corrected chi connectivity index (χ1v) is 14.2. The number of benzene rings is 2. The minimum Gasteiger partial charge on any atom is -0.508 e. The van der Waals surface area contributed by atoms with Gasteiger partial charge in [0, 0.05) is 51.4 Å². The highest BCUT2D eigenvalue weighted by Gasteiger charge is 2.39. The smallest absolute Gasteiger partial charge is 0.416 e. The van der Waals surface area contributed by atoms with Crippen LogP contribution in [0.25, 0.3) is 0 Å². The lowest BCUT2D eigenvalue weighted by Gasteiger charge is -2.42. The van der Waals surface area contributed by atoms with E-state index in [1.807, 2.05) is 0 Å². The third-order valence-corrected chi connectivity index (χ3v) is 7.93. The zero-order chi connectivity index (χ0) is 31.4. The minimum atomic E-state index is -5.06. The highest BCUT2D eigenvalue weighted by molar-refractivity contribution is 5.95. The minimum absolute atomic E-state index is 0.0114. The van der Waals surface area contributed by atoms with Crippen LogP contribution in [0.3, 0.4) is 0 Å². The molecule has 0 bridgehead atoms. The molecule has 2 atom stereocenters. The Kier molecular flexibility index (Phi) is 10.6. The summed E-state index contributed by atoms with van der Waals surface area (Å²) in [5, 5.41) is 10.2. The van der Waals surface area contributed by atoms with Crippen LogP contribution in [-0.4, -0.2) is 104 Å². The van der Waals surface area contributed by atoms with Gasteiger partial charge in [0.15, 0.2) is 0 Å². The molecule has 0 aromatic heterocycles. The van der Waals surface area contributed by atoms with E-state index in [1.54, 1.807) is 32.2 Å². The van der Waals surface area contributed by atoms with Crippen molar-refractivity contribution in [2.24, 2.45) is 0 Å². The van der Waals surface area contributed by atoms with Gasteiger partial charge in [-0.25, -0.2) is 0 Å². The van der Waals surface area contributed by atoms with E-state index in [0.29, 0.717) is 56.1 Å². The van der Waals surface area contributed by atoms with Gasteiger partial charge in [0.05, 0.1) is 30.4 Å². The summed E-state index contributed by atoms with van der Waals surface area (Å²) >= 11 is 0. The summed E-state index contributed by atoms with van der Waals surface area (Å²) < 4.78 is 91.9. The molecule has 7 nitrogen and oxygen atoms in total. The van der Waals surface area contributed by atoms with Crippen molar-refractivity contribution in [3.8, 4) is 5.75 Å². The number of amides is 1. The van der Waals surface area contributed by atoms with Crippen LogP contribution in [0.2, 0.25) is 0 Å². The molecule has 1 N–H and O–H groups in total. The van der Waals surface area contributed by atoms with Gasteiger partial charge in [0.1, 0.15) is 5.75 Å². The van der Waals surface area contributed by atoms with Crippen LogP contribution >= 0.6 is 0 Å². The average molecular weight is 618 g/mol. The number of aryl methyl sites for hydroxylation is 1. The Hall–Kier alpha value is -2.87. The van der Waals surface area contributed by atoms with E-state index >= 15 is 0 Å². The Morgan fingerprint density at radius 3 is 2.21 bits per heavy atom. The van der Waals surface area contributed by atoms with E-state index in [-0.39, 0.29) is 30.9 Å². The average Bonchev–Trinajstić information content (AvgIpc) is 2.94. The molecular formula is C30H37F6N3O4. The maximum atomic E-state index is 13.6. The number of hydrogen-bond donors (Lipinski definition) is 1. The van der Waals surface area contributed by atoms with Gasteiger partial charge in [-0.1, -0.05) is 12.1 Å². The number of ether oxygens (including phenoxy) is 2. The van der Waals surface area contributed by atoms with Crippen molar-refractivity contribution in [2.45, 2.75) is 44.3 Å². The third kappa shape index (κ3) is 8.84. The van der Waals surface area contributed by atoms with Gasteiger partial charge in [-0.2, -0.15) is 26.3 Å². The Labute approximate surface area is 247 Å². The highest BCUT2D eigenvalue weighted by Crippen LogP contribution is 2.37. The molecule has 2 heterocycles.